The van der Waals surface area contributed by atoms with E-state index < -0.39 is 11.9 Å². The molecule has 1 saturated heterocycles. The third kappa shape index (κ3) is 7.03. The first-order valence-corrected chi connectivity index (χ1v) is 9.13. The second-order valence-electron chi connectivity index (χ2n) is 7.05. The van der Waals surface area contributed by atoms with Crippen LogP contribution in [-0.4, -0.2) is 73.2 Å². The number of nitrogens with one attached hydrogen (secondary N) is 1. The summed E-state index contributed by atoms with van der Waals surface area (Å²) in [5.74, 6) is -1.27. The van der Waals surface area contributed by atoms with Crippen LogP contribution in [0.15, 0.2) is 36.4 Å². The maximum absolute atomic E-state index is 12.3. The van der Waals surface area contributed by atoms with Gasteiger partial charge in [0.2, 0.25) is 5.91 Å². The number of carbonyl (C=O) groups is 2. The maximum atomic E-state index is 12.3. The molecule has 7 heteroatoms. The van der Waals surface area contributed by atoms with Crippen molar-refractivity contribution in [2.45, 2.75) is 13.3 Å². The van der Waals surface area contributed by atoms with E-state index in [9.17, 15) is 14.7 Å². The third-order valence-corrected chi connectivity index (χ3v) is 4.59. The fourth-order valence-electron chi connectivity index (χ4n) is 3.16. The number of benzene rings is 1. The van der Waals surface area contributed by atoms with E-state index in [1.54, 1.807) is 31.4 Å². The van der Waals surface area contributed by atoms with Crippen LogP contribution in [0.2, 0.25) is 0 Å². The summed E-state index contributed by atoms with van der Waals surface area (Å²) in [6.07, 6.45) is -0.0483. The monoisotopic (exact) mass is 375 g/mol. The van der Waals surface area contributed by atoms with Crippen LogP contribution in [0.5, 0.6) is 5.75 Å². The Balaban J connectivity index is 1.83. The standard InChI is InChI=1S/C20H29N3O4/c1-15(2)13-22-8-10-23(11-9-22)14-16(20(25)26)12-19(24)21-17-4-6-18(27-3)7-5-17/h4-7,16H,1,8-14H2,2-3H3,(H,21,24)(H,25,26). The number of carbonyl (C=O) groups excluding carboxylic acids is 1. The number of ether oxygens (including phenoxy) is 1. The molecule has 2 N–H and O–H groups in total. The molecule has 0 spiro atoms. The third-order valence-electron chi connectivity index (χ3n) is 4.59. The van der Waals surface area contributed by atoms with Gasteiger partial charge in [0.05, 0.1) is 13.0 Å². The Labute approximate surface area is 160 Å². The minimum Gasteiger partial charge on any atom is -0.497 e. The van der Waals surface area contributed by atoms with Crippen LogP contribution in [0.4, 0.5) is 5.69 Å². The lowest BCUT2D eigenvalue weighted by Crippen LogP contribution is -2.49. The topological polar surface area (TPSA) is 82.1 Å². The van der Waals surface area contributed by atoms with Crippen molar-refractivity contribution >= 4 is 17.6 Å². The number of carboxylic acids is 1. The first kappa shape index (κ1) is 20.9. The predicted octanol–water partition coefficient (Wildman–Crippen LogP) is 1.92. The van der Waals surface area contributed by atoms with Crippen LogP contribution in [0, 0.1) is 5.92 Å². The van der Waals surface area contributed by atoms with Crippen molar-refractivity contribution in [3.8, 4) is 5.75 Å². The molecular weight excluding hydrogens is 346 g/mol. The highest BCUT2D eigenvalue weighted by atomic mass is 16.5. The fraction of sp³-hybridized carbons (Fsp3) is 0.500. The van der Waals surface area contributed by atoms with E-state index in [0.29, 0.717) is 18.0 Å². The molecule has 27 heavy (non-hydrogen) atoms. The molecule has 0 radical (unpaired) electrons. The molecule has 0 aromatic heterocycles. The Bertz CT molecular complexity index is 652. The lowest BCUT2D eigenvalue weighted by molar-refractivity contribution is -0.144. The molecule has 1 atom stereocenters. The van der Waals surface area contributed by atoms with Gasteiger partial charge in [0, 0.05) is 51.4 Å². The number of anilines is 1. The molecule has 1 aromatic carbocycles. The zero-order chi connectivity index (χ0) is 19.8. The Morgan fingerprint density at radius 3 is 2.30 bits per heavy atom. The van der Waals surface area contributed by atoms with Gasteiger partial charge in [-0.1, -0.05) is 12.2 Å². The van der Waals surface area contributed by atoms with Crippen molar-refractivity contribution < 1.29 is 19.4 Å². The van der Waals surface area contributed by atoms with Crippen molar-refractivity contribution in [3.05, 3.63) is 36.4 Å². The quantitative estimate of drug-likeness (QED) is 0.642. The molecule has 1 amide bonds. The lowest BCUT2D eigenvalue weighted by Gasteiger charge is -2.35. The minimum absolute atomic E-state index is 0.0483. The molecular formula is C20H29N3O4. The lowest BCUT2D eigenvalue weighted by atomic mass is 10.0. The van der Waals surface area contributed by atoms with Crippen molar-refractivity contribution in [2.75, 3.05) is 51.7 Å². The summed E-state index contributed by atoms with van der Waals surface area (Å²) in [6, 6.07) is 6.95. The SMILES string of the molecule is C=C(C)CN1CCN(CC(CC(=O)Nc2ccc(OC)cc2)C(=O)O)CC1. The highest BCUT2D eigenvalue weighted by molar-refractivity contribution is 5.93. The minimum atomic E-state index is -0.941. The van der Waals surface area contributed by atoms with Gasteiger partial charge in [-0.3, -0.25) is 19.4 Å². The maximum Gasteiger partial charge on any atom is 0.308 e. The molecule has 1 aliphatic rings. The van der Waals surface area contributed by atoms with E-state index in [0.717, 1.165) is 38.3 Å². The second kappa shape index (κ2) is 10.1. The molecule has 2 rings (SSSR count). The highest BCUT2D eigenvalue weighted by Crippen LogP contribution is 2.17. The van der Waals surface area contributed by atoms with Crippen LogP contribution in [0.3, 0.4) is 0 Å². The molecule has 148 valence electrons. The smallest absolute Gasteiger partial charge is 0.308 e. The van der Waals surface area contributed by atoms with Gasteiger partial charge in [0.1, 0.15) is 5.75 Å². The first-order valence-electron chi connectivity index (χ1n) is 9.13. The highest BCUT2D eigenvalue weighted by Gasteiger charge is 2.26. The summed E-state index contributed by atoms with van der Waals surface area (Å²) in [6.45, 7) is 10.6. The molecule has 7 nitrogen and oxygen atoms in total. The second-order valence-corrected chi connectivity index (χ2v) is 7.05. The van der Waals surface area contributed by atoms with Crippen molar-refractivity contribution in [1.29, 1.82) is 0 Å². The Morgan fingerprint density at radius 1 is 1.19 bits per heavy atom. The average molecular weight is 375 g/mol. The number of amides is 1. The number of hydrogen-bond donors (Lipinski definition) is 2. The van der Waals surface area contributed by atoms with Crippen LogP contribution in [-0.2, 0) is 9.59 Å². The van der Waals surface area contributed by atoms with Crippen molar-refractivity contribution in [1.82, 2.24) is 9.80 Å². The number of carboxylic acid groups (broad SMARTS) is 1. The van der Waals surface area contributed by atoms with E-state index in [2.05, 4.69) is 21.7 Å². The van der Waals surface area contributed by atoms with E-state index in [1.165, 1.54) is 0 Å². The van der Waals surface area contributed by atoms with Crippen LogP contribution < -0.4 is 10.1 Å². The first-order chi connectivity index (χ1) is 12.9. The molecule has 1 fully saturated rings. The number of hydrogen-bond acceptors (Lipinski definition) is 5. The van der Waals surface area contributed by atoms with E-state index >= 15 is 0 Å². The van der Waals surface area contributed by atoms with Crippen molar-refractivity contribution in [2.24, 2.45) is 5.92 Å². The van der Waals surface area contributed by atoms with Gasteiger partial charge in [-0.15, -0.1) is 0 Å². The van der Waals surface area contributed by atoms with Gasteiger partial charge in [-0.2, -0.15) is 0 Å². The summed E-state index contributed by atoms with van der Waals surface area (Å²) in [5, 5.41) is 12.3. The summed E-state index contributed by atoms with van der Waals surface area (Å²) in [4.78, 5) is 28.3. The molecule has 1 aromatic rings. The average Bonchev–Trinajstić information content (AvgIpc) is 2.63. The summed E-state index contributed by atoms with van der Waals surface area (Å²) in [7, 11) is 1.57. The normalized spacial score (nSPS) is 16.5. The zero-order valence-corrected chi connectivity index (χ0v) is 16.1. The molecule has 0 bridgehead atoms. The molecule has 1 aliphatic heterocycles. The number of nitrogens with zero attached hydrogens (tertiary/aromatic N) is 2. The molecule has 1 unspecified atom stereocenters. The van der Waals surface area contributed by atoms with Gasteiger partial charge in [-0.25, -0.2) is 0 Å². The van der Waals surface area contributed by atoms with Gasteiger partial charge in [0.15, 0.2) is 0 Å². The van der Waals surface area contributed by atoms with Crippen molar-refractivity contribution in [3.63, 3.8) is 0 Å². The van der Waals surface area contributed by atoms with Gasteiger partial charge in [-0.05, 0) is 31.2 Å². The van der Waals surface area contributed by atoms with Gasteiger partial charge < -0.3 is 15.2 Å². The van der Waals surface area contributed by atoms with Crippen LogP contribution in [0.25, 0.3) is 0 Å². The summed E-state index contributed by atoms with van der Waals surface area (Å²) >= 11 is 0. The van der Waals surface area contributed by atoms with Crippen LogP contribution in [0.1, 0.15) is 13.3 Å². The van der Waals surface area contributed by atoms with E-state index in [-0.39, 0.29) is 12.3 Å². The Morgan fingerprint density at radius 2 is 1.78 bits per heavy atom. The largest absolute Gasteiger partial charge is 0.497 e. The fourth-order valence-corrected chi connectivity index (χ4v) is 3.16. The Hall–Kier alpha value is -2.38. The van der Waals surface area contributed by atoms with Gasteiger partial charge in [0.25, 0.3) is 0 Å². The number of piperazine rings is 1. The van der Waals surface area contributed by atoms with Crippen LogP contribution >= 0.6 is 0 Å². The molecule has 0 aliphatic carbocycles. The summed E-state index contributed by atoms with van der Waals surface area (Å²) in [5.41, 5.74) is 1.75. The van der Waals surface area contributed by atoms with E-state index in [1.807, 2.05) is 6.92 Å². The zero-order valence-electron chi connectivity index (χ0n) is 16.1. The molecule has 0 saturated carbocycles. The van der Waals surface area contributed by atoms with Gasteiger partial charge >= 0.3 is 5.97 Å². The predicted molar refractivity (Wildman–Crippen MR) is 105 cm³/mol. The Kier molecular flexibility index (Phi) is 7.82. The summed E-state index contributed by atoms with van der Waals surface area (Å²) < 4.78 is 5.08. The number of rotatable bonds is 9. The number of methoxy groups -OCH3 is 1. The number of aliphatic carboxylic acids is 1. The molecule has 1 heterocycles. The van der Waals surface area contributed by atoms with E-state index in [4.69, 9.17) is 4.74 Å².